The van der Waals surface area contributed by atoms with E-state index in [1.807, 2.05) is 0 Å². The summed E-state index contributed by atoms with van der Waals surface area (Å²) in [6.07, 6.45) is 2.80. The molecular weight excluding hydrogens is 459 g/mol. The molecule has 0 spiro atoms. The summed E-state index contributed by atoms with van der Waals surface area (Å²) in [6.45, 7) is 0. The molecule has 0 saturated heterocycles. The summed E-state index contributed by atoms with van der Waals surface area (Å²) in [5.41, 5.74) is 0.583. The first-order chi connectivity index (χ1) is 13.6. The molecule has 0 bridgehead atoms. The molecule has 8 nitrogen and oxygen atoms in total. The largest absolute Gasteiger partial charge is 0.283 e. The number of nitrogens with zero attached hydrogens (tertiary/aromatic N) is 2. The third-order valence-corrected chi connectivity index (χ3v) is 6.76. The van der Waals surface area contributed by atoms with E-state index >= 15 is 0 Å². The summed E-state index contributed by atoms with van der Waals surface area (Å²) < 4.78 is 54.1. The lowest BCUT2D eigenvalue weighted by molar-refractivity contribution is 0.599. The van der Waals surface area contributed by atoms with E-state index in [9.17, 15) is 16.8 Å². The van der Waals surface area contributed by atoms with Crippen molar-refractivity contribution in [3.8, 4) is 0 Å². The second kappa shape index (κ2) is 8.54. The molecule has 0 atom stereocenters. The van der Waals surface area contributed by atoms with Crippen molar-refractivity contribution in [3.63, 3.8) is 0 Å². The van der Waals surface area contributed by atoms with Gasteiger partial charge in [0, 0.05) is 28.1 Å². The van der Waals surface area contributed by atoms with Crippen LogP contribution < -0.4 is 9.44 Å². The molecule has 0 aliphatic carbocycles. The Morgan fingerprint density at radius 1 is 0.862 bits per heavy atom. The van der Waals surface area contributed by atoms with Crippen molar-refractivity contribution in [2.75, 3.05) is 9.44 Å². The topological polar surface area (TPSA) is 118 Å². The van der Waals surface area contributed by atoms with Crippen molar-refractivity contribution in [1.29, 1.82) is 0 Å². The summed E-state index contributed by atoms with van der Waals surface area (Å²) >= 11 is 11.8. The van der Waals surface area contributed by atoms with Gasteiger partial charge in [-0.05, 0) is 48.0 Å². The number of aromatic nitrogens is 2. The van der Waals surface area contributed by atoms with E-state index < -0.39 is 20.0 Å². The molecule has 2 aromatic carbocycles. The van der Waals surface area contributed by atoms with Gasteiger partial charge >= 0.3 is 0 Å². The van der Waals surface area contributed by atoms with Gasteiger partial charge in [0.05, 0.1) is 10.6 Å². The van der Waals surface area contributed by atoms with Gasteiger partial charge in [-0.1, -0.05) is 29.3 Å². The molecule has 1 aromatic heterocycles. The third-order valence-electron chi connectivity index (χ3n) is 3.59. The van der Waals surface area contributed by atoms with Gasteiger partial charge in [0.25, 0.3) is 10.0 Å². The van der Waals surface area contributed by atoms with Gasteiger partial charge < -0.3 is 0 Å². The van der Waals surface area contributed by atoms with Crippen LogP contribution in [0.2, 0.25) is 10.0 Å². The number of nitrogens with one attached hydrogen (secondary N) is 2. The Morgan fingerprint density at radius 2 is 1.52 bits per heavy atom. The van der Waals surface area contributed by atoms with Gasteiger partial charge in [-0.25, -0.2) is 31.5 Å². The SMILES string of the molecule is O=S(=O)(Cc1ccc(Cl)cc1Cl)Nc1ccc(S(=O)(=O)Nc2ncccn2)cc1. The Kier molecular flexibility index (Phi) is 6.27. The molecule has 152 valence electrons. The highest BCUT2D eigenvalue weighted by Gasteiger charge is 2.17. The van der Waals surface area contributed by atoms with Crippen LogP contribution in [-0.4, -0.2) is 26.8 Å². The first-order valence-corrected chi connectivity index (χ1v) is 11.9. The molecule has 3 rings (SSSR count). The number of benzene rings is 2. The third kappa shape index (κ3) is 5.80. The average Bonchev–Trinajstić information content (AvgIpc) is 2.64. The second-order valence-electron chi connectivity index (χ2n) is 5.80. The zero-order chi connectivity index (χ0) is 21.1. The number of halogens is 2. The van der Waals surface area contributed by atoms with Crippen molar-refractivity contribution in [2.45, 2.75) is 10.6 Å². The number of sulfonamides is 2. The Morgan fingerprint density at radius 3 is 2.14 bits per heavy atom. The Bertz CT molecular complexity index is 1220. The normalized spacial score (nSPS) is 11.8. The van der Waals surface area contributed by atoms with Crippen LogP contribution in [0.4, 0.5) is 11.6 Å². The number of anilines is 2. The second-order valence-corrected chi connectivity index (χ2v) is 10.0. The van der Waals surface area contributed by atoms with Gasteiger partial charge in [-0.3, -0.25) is 4.72 Å². The highest BCUT2D eigenvalue weighted by molar-refractivity contribution is 7.92. The predicted octanol–water partition coefficient (Wildman–Crippen LogP) is 3.53. The first kappa shape index (κ1) is 21.3. The molecule has 0 aliphatic heterocycles. The first-order valence-electron chi connectivity index (χ1n) is 7.99. The maximum atomic E-state index is 12.4. The zero-order valence-electron chi connectivity index (χ0n) is 14.6. The van der Waals surface area contributed by atoms with Crippen molar-refractivity contribution < 1.29 is 16.8 Å². The van der Waals surface area contributed by atoms with Crippen LogP contribution in [0.5, 0.6) is 0 Å². The standard InChI is InChI=1S/C17H14Cl2N4O4S2/c18-13-3-2-12(16(19)10-13)11-28(24,25)22-14-4-6-15(7-5-14)29(26,27)23-17-20-8-1-9-21-17/h1-10,22H,11H2,(H,20,21,23). The summed E-state index contributed by atoms with van der Waals surface area (Å²) in [5, 5.41) is 0.633. The molecule has 0 saturated carbocycles. The van der Waals surface area contributed by atoms with Gasteiger partial charge in [0.15, 0.2) is 0 Å². The fourth-order valence-electron chi connectivity index (χ4n) is 2.29. The highest BCUT2D eigenvalue weighted by Crippen LogP contribution is 2.24. The lowest BCUT2D eigenvalue weighted by Gasteiger charge is -2.11. The minimum atomic E-state index is -3.91. The predicted molar refractivity (Wildman–Crippen MR) is 112 cm³/mol. The molecule has 29 heavy (non-hydrogen) atoms. The molecular formula is C17H14Cl2N4O4S2. The maximum absolute atomic E-state index is 12.4. The zero-order valence-corrected chi connectivity index (χ0v) is 17.7. The minimum Gasteiger partial charge on any atom is -0.283 e. The van der Waals surface area contributed by atoms with Crippen molar-refractivity contribution >= 4 is 54.9 Å². The molecule has 2 N–H and O–H groups in total. The van der Waals surface area contributed by atoms with Crippen molar-refractivity contribution in [3.05, 3.63) is 76.5 Å². The molecule has 0 unspecified atom stereocenters. The Hall–Kier alpha value is -2.40. The molecule has 3 aromatic rings. The van der Waals surface area contributed by atoms with Crippen LogP contribution in [0.3, 0.4) is 0 Å². The van der Waals surface area contributed by atoms with E-state index in [0.717, 1.165) is 0 Å². The van der Waals surface area contributed by atoms with Gasteiger partial charge in [-0.15, -0.1) is 0 Å². The van der Waals surface area contributed by atoms with Crippen LogP contribution in [0.15, 0.2) is 65.8 Å². The molecule has 0 fully saturated rings. The van der Waals surface area contributed by atoms with E-state index in [1.54, 1.807) is 12.1 Å². The Balaban J connectivity index is 1.72. The van der Waals surface area contributed by atoms with E-state index in [0.29, 0.717) is 10.6 Å². The van der Waals surface area contributed by atoms with Crippen molar-refractivity contribution in [2.24, 2.45) is 0 Å². The molecule has 0 amide bonds. The van der Waals surface area contributed by atoms with E-state index in [2.05, 4.69) is 19.4 Å². The van der Waals surface area contributed by atoms with Gasteiger partial charge in [-0.2, -0.15) is 0 Å². The fourth-order valence-corrected chi connectivity index (χ4v) is 5.03. The number of rotatable bonds is 7. The van der Waals surface area contributed by atoms with Crippen LogP contribution in [0, 0.1) is 0 Å². The fraction of sp³-hybridized carbons (Fsp3) is 0.0588. The summed E-state index contributed by atoms with van der Waals surface area (Å²) in [4.78, 5) is 7.52. The molecule has 0 aliphatic rings. The van der Waals surface area contributed by atoms with Crippen LogP contribution >= 0.6 is 23.2 Å². The highest BCUT2D eigenvalue weighted by atomic mass is 35.5. The average molecular weight is 473 g/mol. The van der Waals surface area contributed by atoms with Crippen LogP contribution in [0.25, 0.3) is 0 Å². The smallest absolute Gasteiger partial charge is 0.264 e. The van der Waals surface area contributed by atoms with Gasteiger partial charge in [0.1, 0.15) is 0 Å². The summed E-state index contributed by atoms with van der Waals surface area (Å²) in [5.74, 6) is -0.437. The van der Waals surface area contributed by atoms with Gasteiger partial charge in [0.2, 0.25) is 16.0 Å². The molecule has 1 heterocycles. The lowest BCUT2D eigenvalue weighted by Crippen LogP contribution is -2.16. The van der Waals surface area contributed by atoms with E-state index in [-0.39, 0.29) is 27.3 Å². The summed E-state index contributed by atoms with van der Waals surface area (Å²) in [6, 6.07) is 11.3. The quantitative estimate of drug-likeness (QED) is 0.542. The van der Waals surface area contributed by atoms with Crippen LogP contribution in [-0.2, 0) is 25.8 Å². The van der Waals surface area contributed by atoms with Crippen molar-refractivity contribution in [1.82, 2.24) is 9.97 Å². The van der Waals surface area contributed by atoms with Crippen LogP contribution in [0.1, 0.15) is 5.56 Å². The Labute approximate surface area is 178 Å². The maximum Gasteiger partial charge on any atom is 0.264 e. The molecule has 12 heteroatoms. The monoisotopic (exact) mass is 472 g/mol. The van der Waals surface area contributed by atoms with E-state index in [4.69, 9.17) is 23.2 Å². The lowest BCUT2D eigenvalue weighted by atomic mass is 10.2. The number of hydrogen-bond acceptors (Lipinski definition) is 6. The summed E-state index contributed by atoms with van der Waals surface area (Å²) in [7, 11) is -7.70. The number of hydrogen-bond donors (Lipinski definition) is 2. The minimum absolute atomic E-state index is 0.0721. The molecule has 0 radical (unpaired) electrons. The van der Waals surface area contributed by atoms with E-state index in [1.165, 1.54) is 48.8 Å².